The van der Waals surface area contributed by atoms with Crippen molar-refractivity contribution in [2.45, 2.75) is 32.7 Å². The van der Waals surface area contributed by atoms with E-state index in [1.165, 1.54) is 11.3 Å². The van der Waals surface area contributed by atoms with Gasteiger partial charge in [0.1, 0.15) is 4.88 Å². The predicted molar refractivity (Wildman–Crippen MR) is 92.8 cm³/mol. The molecule has 1 aliphatic heterocycles. The molecule has 1 saturated heterocycles. The summed E-state index contributed by atoms with van der Waals surface area (Å²) in [5.41, 5.74) is 6.86. The number of amides is 1. The van der Waals surface area contributed by atoms with Crippen molar-refractivity contribution in [3.05, 3.63) is 27.5 Å². The number of hydrogen-bond acceptors (Lipinski definition) is 3. The summed E-state index contributed by atoms with van der Waals surface area (Å²) in [4.78, 5) is 15.6. The number of nitrogens with two attached hydrogens (primary N) is 1. The van der Waals surface area contributed by atoms with Crippen molar-refractivity contribution >= 4 is 48.9 Å². The standard InChI is InChI=1S/C16H19BrN2OS/c1-9(2)12-4-3-7-19(12)16(20)15-14(18)11-8-10(17)5-6-13(11)21-15/h5-6,8-9,12H,3-4,7,18H2,1-2H3. The van der Waals surface area contributed by atoms with Gasteiger partial charge in [0.15, 0.2) is 0 Å². The predicted octanol–water partition coefficient (Wildman–Crippen LogP) is 4.51. The van der Waals surface area contributed by atoms with Gasteiger partial charge < -0.3 is 10.6 Å². The summed E-state index contributed by atoms with van der Waals surface area (Å²) in [6.07, 6.45) is 2.19. The van der Waals surface area contributed by atoms with E-state index in [4.69, 9.17) is 5.73 Å². The first-order valence-corrected chi connectivity index (χ1v) is 8.88. The number of nitrogen functional groups attached to an aromatic ring is 1. The van der Waals surface area contributed by atoms with Crippen LogP contribution in [0.3, 0.4) is 0 Å². The van der Waals surface area contributed by atoms with Crippen LogP contribution in [0.4, 0.5) is 5.69 Å². The molecule has 1 aromatic carbocycles. The minimum Gasteiger partial charge on any atom is -0.397 e. The number of likely N-dealkylation sites (tertiary alicyclic amines) is 1. The Labute approximate surface area is 137 Å². The van der Waals surface area contributed by atoms with Crippen LogP contribution in [0.1, 0.15) is 36.4 Å². The molecule has 2 heterocycles. The summed E-state index contributed by atoms with van der Waals surface area (Å²) in [5.74, 6) is 0.585. The van der Waals surface area contributed by atoms with E-state index >= 15 is 0 Å². The number of benzene rings is 1. The third kappa shape index (κ3) is 2.57. The molecule has 3 rings (SSSR count). The van der Waals surface area contributed by atoms with E-state index in [9.17, 15) is 4.79 Å². The van der Waals surface area contributed by atoms with Crippen LogP contribution in [0.25, 0.3) is 10.1 Å². The van der Waals surface area contributed by atoms with Crippen molar-refractivity contribution in [2.75, 3.05) is 12.3 Å². The molecule has 3 nitrogen and oxygen atoms in total. The molecule has 0 radical (unpaired) electrons. The maximum Gasteiger partial charge on any atom is 0.266 e. The van der Waals surface area contributed by atoms with Gasteiger partial charge in [0.25, 0.3) is 5.91 Å². The highest BCUT2D eigenvalue weighted by Crippen LogP contribution is 2.37. The molecular formula is C16H19BrN2OS. The lowest BCUT2D eigenvalue weighted by Crippen LogP contribution is -2.38. The van der Waals surface area contributed by atoms with E-state index < -0.39 is 0 Å². The van der Waals surface area contributed by atoms with Crippen molar-refractivity contribution in [3.8, 4) is 0 Å². The summed E-state index contributed by atoms with van der Waals surface area (Å²) < 4.78 is 2.05. The SMILES string of the molecule is CC(C)C1CCCN1C(=O)c1sc2ccc(Br)cc2c1N. The number of fused-ring (bicyclic) bond motifs is 1. The van der Waals surface area contributed by atoms with E-state index in [0.717, 1.165) is 33.9 Å². The van der Waals surface area contributed by atoms with Gasteiger partial charge in [-0.1, -0.05) is 29.8 Å². The van der Waals surface area contributed by atoms with Gasteiger partial charge in [-0.05, 0) is 37.0 Å². The van der Waals surface area contributed by atoms with Crippen LogP contribution < -0.4 is 5.73 Å². The Bertz CT molecular complexity index is 695. The quantitative estimate of drug-likeness (QED) is 0.849. The lowest BCUT2D eigenvalue weighted by molar-refractivity contribution is 0.0707. The van der Waals surface area contributed by atoms with E-state index in [-0.39, 0.29) is 5.91 Å². The van der Waals surface area contributed by atoms with Crippen molar-refractivity contribution in [1.29, 1.82) is 0 Å². The zero-order valence-electron chi connectivity index (χ0n) is 12.2. The highest BCUT2D eigenvalue weighted by Gasteiger charge is 2.33. The van der Waals surface area contributed by atoms with Crippen LogP contribution in [0.15, 0.2) is 22.7 Å². The fourth-order valence-electron chi connectivity index (χ4n) is 3.12. The van der Waals surface area contributed by atoms with Crippen LogP contribution in [-0.4, -0.2) is 23.4 Å². The van der Waals surface area contributed by atoms with Gasteiger partial charge in [-0.25, -0.2) is 0 Å². The fraction of sp³-hybridized carbons (Fsp3) is 0.438. The van der Waals surface area contributed by atoms with E-state index in [1.54, 1.807) is 0 Å². The topological polar surface area (TPSA) is 46.3 Å². The Morgan fingerprint density at radius 3 is 2.95 bits per heavy atom. The number of carbonyl (C=O) groups excluding carboxylic acids is 1. The van der Waals surface area contributed by atoms with Gasteiger partial charge in [-0.15, -0.1) is 11.3 Å². The molecule has 1 fully saturated rings. The molecule has 1 atom stereocenters. The van der Waals surface area contributed by atoms with E-state index in [2.05, 4.69) is 29.8 Å². The Balaban J connectivity index is 2.00. The maximum absolute atomic E-state index is 12.9. The van der Waals surface area contributed by atoms with Gasteiger partial charge in [-0.3, -0.25) is 4.79 Å². The number of nitrogens with zero attached hydrogens (tertiary/aromatic N) is 1. The third-order valence-electron chi connectivity index (χ3n) is 4.21. The number of halogens is 1. The van der Waals surface area contributed by atoms with Gasteiger partial charge in [-0.2, -0.15) is 0 Å². The molecule has 1 unspecified atom stereocenters. The van der Waals surface area contributed by atoms with Crippen molar-refractivity contribution < 1.29 is 4.79 Å². The molecule has 2 aromatic rings. The summed E-state index contributed by atoms with van der Waals surface area (Å²) in [7, 11) is 0. The number of anilines is 1. The Hall–Kier alpha value is -1.07. The summed E-state index contributed by atoms with van der Waals surface area (Å²) in [5, 5.41) is 0.970. The number of thiophene rings is 1. The first kappa shape index (κ1) is 14.9. The summed E-state index contributed by atoms with van der Waals surface area (Å²) >= 11 is 4.97. The first-order valence-electron chi connectivity index (χ1n) is 7.27. The zero-order valence-corrected chi connectivity index (χ0v) is 14.6. The number of hydrogen-bond donors (Lipinski definition) is 1. The van der Waals surface area contributed by atoms with Crippen LogP contribution in [0.2, 0.25) is 0 Å². The molecule has 112 valence electrons. The van der Waals surface area contributed by atoms with Crippen LogP contribution in [0.5, 0.6) is 0 Å². The summed E-state index contributed by atoms with van der Waals surface area (Å²) in [6.45, 7) is 5.21. The van der Waals surface area contributed by atoms with Crippen LogP contribution >= 0.6 is 27.3 Å². The minimum absolute atomic E-state index is 0.0982. The molecule has 1 aliphatic rings. The van der Waals surface area contributed by atoms with Gasteiger partial charge in [0, 0.05) is 27.1 Å². The Kier molecular flexibility index (Phi) is 3.97. The molecule has 1 amide bonds. The van der Waals surface area contributed by atoms with E-state index in [1.807, 2.05) is 23.1 Å². The molecule has 1 aromatic heterocycles. The second-order valence-corrected chi connectivity index (χ2v) is 7.91. The average Bonchev–Trinajstić information content (AvgIpc) is 3.04. The molecule has 5 heteroatoms. The monoisotopic (exact) mass is 366 g/mol. The molecule has 0 bridgehead atoms. The van der Waals surface area contributed by atoms with Gasteiger partial charge >= 0.3 is 0 Å². The maximum atomic E-state index is 12.9. The Morgan fingerprint density at radius 2 is 2.24 bits per heavy atom. The summed E-state index contributed by atoms with van der Waals surface area (Å²) in [6, 6.07) is 6.33. The van der Waals surface area contributed by atoms with E-state index in [0.29, 0.717) is 22.5 Å². The van der Waals surface area contributed by atoms with Crippen LogP contribution in [-0.2, 0) is 0 Å². The second-order valence-electron chi connectivity index (χ2n) is 5.94. The minimum atomic E-state index is 0.0982. The smallest absolute Gasteiger partial charge is 0.266 e. The van der Waals surface area contributed by atoms with Gasteiger partial charge in [0.2, 0.25) is 0 Å². The second kappa shape index (κ2) is 5.61. The number of rotatable bonds is 2. The number of carbonyl (C=O) groups is 1. The Morgan fingerprint density at radius 1 is 1.48 bits per heavy atom. The van der Waals surface area contributed by atoms with Gasteiger partial charge in [0.05, 0.1) is 5.69 Å². The van der Waals surface area contributed by atoms with Crippen LogP contribution in [0, 0.1) is 5.92 Å². The molecule has 2 N–H and O–H groups in total. The van der Waals surface area contributed by atoms with Crippen molar-refractivity contribution in [1.82, 2.24) is 4.90 Å². The van der Waals surface area contributed by atoms with Crippen molar-refractivity contribution in [2.24, 2.45) is 5.92 Å². The lowest BCUT2D eigenvalue weighted by Gasteiger charge is -2.27. The average molecular weight is 367 g/mol. The highest BCUT2D eigenvalue weighted by atomic mass is 79.9. The lowest BCUT2D eigenvalue weighted by atomic mass is 10.0. The molecule has 0 saturated carbocycles. The largest absolute Gasteiger partial charge is 0.397 e. The highest BCUT2D eigenvalue weighted by molar-refractivity contribution is 9.10. The molecular weight excluding hydrogens is 348 g/mol. The third-order valence-corrected chi connectivity index (χ3v) is 5.88. The fourth-order valence-corrected chi connectivity index (χ4v) is 4.54. The first-order chi connectivity index (χ1) is 9.99. The zero-order chi connectivity index (χ0) is 15.1. The van der Waals surface area contributed by atoms with Crippen molar-refractivity contribution in [3.63, 3.8) is 0 Å². The molecule has 0 aliphatic carbocycles. The molecule has 21 heavy (non-hydrogen) atoms. The molecule has 0 spiro atoms. The normalized spacial score (nSPS) is 18.9.